The van der Waals surface area contributed by atoms with Gasteiger partial charge < -0.3 is 15.2 Å². The normalized spacial score (nSPS) is 10.1. The van der Waals surface area contributed by atoms with E-state index in [1.165, 1.54) is 5.56 Å². The van der Waals surface area contributed by atoms with Crippen molar-refractivity contribution in [1.82, 2.24) is 5.23 Å². The molecule has 0 saturated carbocycles. The summed E-state index contributed by atoms with van der Waals surface area (Å²) in [6.45, 7) is 1.73. The molecule has 0 bridgehead atoms. The first-order chi connectivity index (χ1) is 7.86. The maximum Gasteiger partial charge on any atom is 0.360 e. The highest BCUT2D eigenvalue weighted by Crippen LogP contribution is 2.09. The summed E-state index contributed by atoms with van der Waals surface area (Å²) in [6.07, 6.45) is 1.01. The highest BCUT2D eigenvalue weighted by atomic mass is 35.5. The third-order valence-electron chi connectivity index (χ3n) is 2.21. The Labute approximate surface area is 103 Å². The van der Waals surface area contributed by atoms with E-state index in [0.717, 1.165) is 25.2 Å². The molecule has 0 amide bonds. The van der Waals surface area contributed by atoms with E-state index in [2.05, 4.69) is 34.8 Å². The second-order valence-electron chi connectivity index (χ2n) is 3.50. The maximum absolute atomic E-state index is 5.60. The number of benzene rings is 1. The number of halogens is 1. The van der Waals surface area contributed by atoms with Crippen LogP contribution in [-0.4, -0.2) is 33.7 Å². The summed E-state index contributed by atoms with van der Waals surface area (Å²) in [5, 5.41) is 6.41. The van der Waals surface area contributed by atoms with Gasteiger partial charge in [-0.25, -0.2) is 0 Å². The Bertz CT molecular complexity index is 282. The number of alkyl halides is 1. The Balaban J connectivity index is 2.27. The molecule has 0 aliphatic heterocycles. The van der Waals surface area contributed by atoms with Crippen LogP contribution in [0, 0.1) is 0 Å². The van der Waals surface area contributed by atoms with Gasteiger partial charge in [0.1, 0.15) is 0 Å². The van der Waals surface area contributed by atoms with E-state index >= 15 is 0 Å². The van der Waals surface area contributed by atoms with Gasteiger partial charge >= 0.3 is 7.62 Å². The molecule has 1 aromatic rings. The van der Waals surface area contributed by atoms with Crippen molar-refractivity contribution in [2.24, 2.45) is 0 Å². The highest BCUT2D eigenvalue weighted by Gasteiger charge is 1.95. The van der Waals surface area contributed by atoms with Crippen molar-refractivity contribution in [3.8, 4) is 0 Å². The highest BCUT2D eigenvalue weighted by molar-refractivity contribution is 6.23. The Kier molecular flexibility index (Phi) is 7.05. The van der Waals surface area contributed by atoms with Crippen LogP contribution in [0.4, 0.5) is 5.69 Å². The smallest absolute Gasteiger partial charge is 0.360 e. The van der Waals surface area contributed by atoms with Gasteiger partial charge in [-0.05, 0) is 30.7 Å². The van der Waals surface area contributed by atoms with Crippen molar-refractivity contribution in [3.63, 3.8) is 0 Å². The van der Waals surface area contributed by atoms with E-state index in [1.807, 2.05) is 0 Å². The predicted molar refractivity (Wildman–Crippen MR) is 71.5 cm³/mol. The average Bonchev–Trinajstić information content (AvgIpc) is 2.33. The summed E-state index contributed by atoms with van der Waals surface area (Å²) in [7, 11) is 2.29. The number of anilines is 1. The van der Waals surface area contributed by atoms with Gasteiger partial charge in [0.2, 0.25) is 0 Å². The van der Waals surface area contributed by atoms with E-state index in [0.29, 0.717) is 13.5 Å². The molecule has 0 aliphatic rings. The third-order valence-corrected chi connectivity index (χ3v) is 2.40. The number of rotatable bonds is 8. The Hall–Kier alpha value is -0.705. The first kappa shape index (κ1) is 13.4. The summed E-state index contributed by atoms with van der Waals surface area (Å²) in [5.41, 5.74) is 2.44. The standard InChI is InChI=1S/C11H18BClN2O/c1-16-12-15-8-6-10-2-4-11(5-3-10)14-9-7-13/h2-5,12,14-15H,6-9H2,1H3. The lowest BCUT2D eigenvalue weighted by Crippen LogP contribution is -2.23. The molecule has 0 aromatic heterocycles. The second kappa shape index (κ2) is 8.45. The van der Waals surface area contributed by atoms with Gasteiger partial charge in [-0.2, -0.15) is 0 Å². The molecule has 0 radical (unpaired) electrons. The van der Waals surface area contributed by atoms with Crippen molar-refractivity contribution in [1.29, 1.82) is 0 Å². The molecule has 3 nitrogen and oxygen atoms in total. The van der Waals surface area contributed by atoms with Gasteiger partial charge in [0.05, 0.1) is 0 Å². The molecule has 0 saturated heterocycles. The van der Waals surface area contributed by atoms with Crippen molar-refractivity contribution in [2.75, 3.05) is 31.4 Å². The zero-order valence-electron chi connectivity index (χ0n) is 9.63. The molecule has 0 aliphatic carbocycles. The molecular formula is C11H18BClN2O. The minimum absolute atomic E-state index is 0.607. The average molecular weight is 241 g/mol. The van der Waals surface area contributed by atoms with Crippen LogP contribution in [0.25, 0.3) is 0 Å². The molecule has 0 fully saturated rings. The van der Waals surface area contributed by atoms with Crippen molar-refractivity contribution >= 4 is 24.9 Å². The largest absolute Gasteiger partial charge is 0.427 e. The molecule has 0 unspecified atom stereocenters. The minimum Gasteiger partial charge on any atom is -0.427 e. The lowest BCUT2D eigenvalue weighted by Gasteiger charge is -2.06. The van der Waals surface area contributed by atoms with Crippen molar-refractivity contribution in [2.45, 2.75) is 6.42 Å². The molecular weight excluding hydrogens is 222 g/mol. The van der Waals surface area contributed by atoms with Crippen LogP contribution >= 0.6 is 11.6 Å². The van der Waals surface area contributed by atoms with Crippen molar-refractivity contribution in [3.05, 3.63) is 29.8 Å². The van der Waals surface area contributed by atoms with Gasteiger partial charge in [-0.3, -0.25) is 0 Å². The molecule has 5 heteroatoms. The summed E-state index contributed by atoms with van der Waals surface area (Å²) >= 11 is 5.60. The summed E-state index contributed by atoms with van der Waals surface area (Å²) < 4.78 is 4.91. The summed E-state index contributed by atoms with van der Waals surface area (Å²) in [6, 6.07) is 8.42. The lowest BCUT2D eigenvalue weighted by atomic mass is 10.1. The topological polar surface area (TPSA) is 33.3 Å². The Morgan fingerprint density at radius 3 is 2.62 bits per heavy atom. The fourth-order valence-electron chi connectivity index (χ4n) is 1.39. The van der Waals surface area contributed by atoms with E-state index < -0.39 is 0 Å². The Morgan fingerprint density at radius 2 is 2.00 bits per heavy atom. The predicted octanol–water partition coefficient (Wildman–Crippen LogP) is 1.38. The van der Waals surface area contributed by atoms with Crippen molar-refractivity contribution < 1.29 is 4.65 Å². The Morgan fingerprint density at radius 1 is 1.25 bits per heavy atom. The molecule has 0 atom stereocenters. The number of hydrogen-bond donors (Lipinski definition) is 2. The van der Waals surface area contributed by atoms with Crippen LogP contribution in [0.1, 0.15) is 5.56 Å². The fraction of sp³-hybridized carbons (Fsp3) is 0.455. The first-order valence-electron chi connectivity index (χ1n) is 5.45. The summed E-state index contributed by atoms with van der Waals surface area (Å²) in [5.74, 6) is 0.628. The van der Waals surface area contributed by atoms with Crippen LogP contribution in [0.2, 0.25) is 0 Å². The molecule has 1 aromatic carbocycles. The second-order valence-corrected chi connectivity index (χ2v) is 3.87. The number of hydrogen-bond acceptors (Lipinski definition) is 3. The van der Waals surface area contributed by atoms with E-state index in [-0.39, 0.29) is 0 Å². The van der Waals surface area contributed by atoms with E-state index in [1.54, 1.807) is 7.11 Å². The molecule has 2 N–H and O–H groups in total. The van der Waals surface area contributed by atoms with Crippen LogP contribution in [0.15, 0.2) is 24.3 Å². The quantitative estimate of drug-likeness (QED) is 0.409. The van der Waals surface area contributed by atoms with Crippen LogP contribution < -0.4 is 10.5 Å². The van der Waals surface area contributed by atoms with Gasteiger partial charge in [0.25, 0.3) is 0 Å². The van der Waals surface area contributed by atoms with Crippen LogP contribution in [0.5, 0.6) is 0 Å². The zero-order chi connectivity index (χ0) is 11.6. The van der Waals surface area contributed by atoms with Gasteiger partial charge in [0.15, 0.2) is 0 Å². The molecule has 1 rings (SSSR count). The monoisotopic (exact) mass is 240 g/mol. The SMILES string of the molecule is COBNCCc1ccc(NCCCl)cc1. The molecule has 0 spiro atoms. The first-order valence-corrected chi connectivity index (χ1v) is 5.98. The molecule has 0 heterocycles. The van der Waals surface area contributed by atoms with Gasteiger partial charge in [-0.15, -0.1) is 11.6 Å². The lowest BCUT2D eigenvalue weighted by molar-refractivity contribution is 0.431. The zero-order valence-corrected chi connectivity index (χ0v) is 10.4. The minimum atomic E-state index is 0.607. The molecule has 16 heavy (non-hydrogen) atoms. The van der Waals surface area contributed by atoms with Gasteiger partial charge in [-0.1, -0.05) is 12.1 Å². The van der Waals surface area contributed by atoms with E-state index in [4.69, 9.17) is 16.3 Å². The molecule has 88 valence electrons. The fourth-order valence-corrected chi connectivity index (χ4v) is 1.48. The summed E-state index contributed by atoms with van der Waals surface area (Å²) in [4.78, 5) is 0. The van der Waals surface area contributed by atoms with E-state index in [9.17, 15) is 0 Å². The van der Waals surface area contributed by atoms with Gasteiger partial charge in [0, 0.05) is 25.2 Å². The number of nitrogens with one attached hydrogen (secondary N) is 2. The van der Waals surface area contributed by atoms with Crippen LogP contribution in [-0.2, 0) is 11.1 Å². The third kappa shape index (κ3) is 5.40. The maximum atomic E-state index is 5.60. The van der Waals surface area contributed by atoms with Crippen LogP contribution in [0.3, 0.4) is 0 Å².